The summed E-state index contributed by atoms with van der Waals surface area (Å²) >= 11 is 0. The predicted octanol–water partition coefficient (Wildman–Crippen LogP) is 4.20. The molecule has 3 heterocycles. The fourth-order valence-corrected chi connectivity index (χ4v) is 14.6. The fraction of sp³-hybridized carbons (Fsp3) is 0.771. The van der Waals surface area contributed by atoms with Crippen LogP contribution >= 0.6 is 0 Å². The van der Waals surface area contributed by atoms with E-state index in [4.69, 9.17) is 33.2 Å². The molecule has 3 aliphatic heterocycles. The largest absolute Gasteiger partial charge is 0.481 e. The Morgan fingerprint density at radius 2 is 1.23 bits per heavy atom. The highest BCUT2D eigenvalue weighted by atomic mass is 32.2. The molecule has 27 nitrogen and oxygen atoms in total. The smallest absolute Gasteiger partial charge is 0.308 e. The Balaban J connectivity index is 0.000000825. The Morgan fingerprint density at radius 3 is 1.73 bits per heavy atom. The first-order valence-corrected chi connectivity index (χ1v) is 36.6. The van der Waals surface area contributed by atoms with E-state index in [1.807, 2.05) is 59.6 Å². The monoisotopic (exact) mass is 1410 g/mol. The number of likely N-dealkylation sites (N-methyl/N-ethyl adjacent to an activating group) is 2. The Bertz CT molecular complexity index is 2780. The molecule has 28 heteroatoms. The number of nitrogens with zero attached hydrogens (tertiary/aromatic N) is 5. The number of benzene rings is 1. The molecule has 0 unspecified atom stereocenters. The van der Waals surface area contributed by atoms with Gasteiger partial charge in [-0.1, -0.05) is 85.2 Å². The van der Waals surface area contributed by atoms with Crippen molar-refractivity contribution >= 4 is 69.5 Å². The Hall–Kier alpha value is -6.01. The quantitative estimate of drug-likeness (QED) is 0.0469. The number of Topliss-reactive ketones (excluding diaryl/α,β-unsaturated/α-hetero) is 1. The van der Waals surface area contributed by atoms with Crippen LogP contribution in [-0.2, 0) is 97.5 Å². The molecule has 9 atom stereocenters. The summed E-state index contributed by atoms with van der Waals surface area (Å²) in [7, 11) is 4.09. The number of piperidine rings is 2. The molecule has 3 saturated heterocycles. The van der Waals surface area contributed by atoms with Gasteiger partial charge >= 0.3 is 11.9 Å². The molecule has 1 saturated carbocycles. The highest BCUT2D eigenvalue weighted by molar-refractivity contribution is 7.90. The topological polar surface area (TPSA) is 330 Å². The van der Waals surface area contributed by atoms with Crippen molar-refractivity contribution in [2.24, 2.45) is 41.4 Å². The predicted molar refractivity (Wildman–Crippen MR) is 364 cm³/mol. The maximum Gasteiger partial charge on any atom is 0.308 e. The number of aliphatic carboxylic acids is 1. The van der Waals surface area contributed by atoms with Gasteiger partial charge in [-0.15, -0.1) is 0 Å². The van der Waals surface area contributed by atoms with Gasteiger partial charge < -0.3 is 68.0 Å². The molecule has 0 bridgehead atoms. The average molecular weight is 1410 g/mol. The summed E-state index contributed by atoms with van der Waals surface area (Å²) in [6.07, 6.45) is 4.72. The van der Waals surface area contributed by atoms with Gasteiger partial charge in [0.2, 0.25) is 39.6 Å². The summed E-state index contributed by atoms with van der Waals surface area (Å²) in [5.41, 5.74) is 0.727. The van der Waals surface area contributed by atoms with Crippen LogP contribution in [0.1, 0.15) is 138 Å². The summed E-state index contributed by atoms with van der Waals surface area (Å²) < 4.78 is 66.2. The SMILES string of the molecule is CC[C@H](C)[C@@H]([C@@H](CC(=O)N1CCC[C@H]1[C@H](OC)[C@@H](C)C(=O)N[C@@H](Cc1ccccc1)C(=O)NS(=O)(=O)C1CC1)OC)N(C)C(=O)[C@@H](CC(=O)[C@H](C(C)C)N(C)CCOCCOCCC(=O)N1CCC(C(=O)O)CC1)C(C)C.COC(=O)C1CCN(C(=O)CCOCCOCC=O)CC1. The number of hydrogen-bond acceptors (Lipinski definition) is 20. The fourth-order valence-electron chi connectivity index (χ4n) is 13.2. The van der Waals surface area contributed by atoms with E-state index >= 15 is 0 Å². The van der Waals surface area contributed by atoms with Crippen molar-refractivity contribution in [3.63, 3.8) is 0 Å². The van der Waals surface area contributed by atoms with Crippen molar-refractivity contribution in [1.82, 2.24) is 34.5 Å². The van der Waals surface area contributed by atoms with Gasteiger partial charge in [0.25, 0.3) is 5.91 Å². The molecular weight excluding hydrogens is 1290 g/mol. The van der Waals surface area contributed by atoms with Gasteiger partial charge in [0.1, 0.15) is 18.9 Å². The third-order valence-electron chi connectivity index (χ3n) is 19.4. The van der Waals surface area contributed by atoms with Gasteiger partial charge in [-0.05, 0) is 81.7 Å². The van der Waals surface area contributed by atoms with Crippen molar-refractivity contribution < 1.29 is 94.6 Å². The lowest BCUT2D eigenvalue weighted by atomic mass is 9.83. The normalized spacial score (nSPS) is 18.7. The van der Waals surface area contributed by atoms with E-state index in [2.05, 4.69) is 10.0 Å². The number of ketones is 1. The first kappa shape index (κ1) is 84.4. The van der Waals surface area contributed by atoms with Gasteiger partial charge in [0.15, 0.2) is 5.78 Å². The molecule has 4 aliphatic rings. The average Bonchev–Trinajstić information content (AvgIpc) is 1.48. The highest BCUT2D eigenvalue weighted by Crippen LogP contribution is 2.32. The molecule has 556 valence electrons. The number of carboxylic acid groups (broad SMARTS) is 1. The second-order valence-corrected chi connectivity index (χ2v) is 29.0. The third-order valence-corrected chi connectivity index (χ3v) is 21.2. The number of carboxylic acids is 1. The zero-order valence-corrected chi connectivity index (χ0v) is 61.0. The second-order valence-electron chi connectivity index (χ2n) is 27.0. The van der Waals surface area contributed by atoms with Crippen molar-refractivity contribution in [2.45, 2.75) is 180 Å². The van der Waals surface area contributed by atoms with Crippen LogP contribution in [0.25, 0.3) is 0 Å². The van der Waals surface area contributed by atoms with Crippen LogP contribution in [0.15, 0.2) is 30.3 Å². The van der Waals surface area contributed by atoms with Gasteiger partial charge in [-0.25, -0.2) is 8.42 Å². The maximum atomic E-state index is 14.7. The number of ether oxygens (including phenoxy) is 7. The molecule has 0 radical (unpaired) electrons. The molecule has 6 amide bonds. The van der Waals surface area contributed by atoms with Gasteiger partial charge in [-0.2, -0.15) is 0 Å². The van der Waals surface area contributed by atoms with E-state index in [1.165, 1.54) is 21.3 Å². The Morgan fingerprint density at radius 1 is 0.673 bits per heavy atom. The molecule has 5 rings (SSSR count). The molecule has 98 heavy (non-hydrogen) atoms. The van der Waals surface area contributed by atoms with Crippen LogP contribution < -0.4 is 10.0 Å². The van der Waals surface area contributed by atoms with Crippen molar-refractivity contribution in [3.8, 4) is 0 Å². The van der Waals surface area contributed by atoms with Crippen molar-refractivity contribution in [3.05, 3.63) is 35.9 Å². The third kappa shape index (κ3) is 27.2. The zero-order chi connectivity index (χ0) is 72.6. The summed E-state index contributed by atoms with van der Waals surface area (Å²) in [4.78, 5) is 137. The second kappa shape index (κ2) is 43.6. The standard InChI is InChI=1S/C56H92N6O14S.C14H23NO6/c1-12-38(6)51(60(9)55(68)43(36(2)3)34-46(63)50(37(4)5)59(8)28-30-76-32-31-75-29-24-48(64)61-26-22-41(23-27-61)56(69)70)47(73-10)35-49(65)62-25-16-19-45(62)52(74-11)39(7)53(66)57-44(33-40-17-14-13-15-18-40)54(67)58-77(71,72)42-20-21-42;1-19-14(18)12-2-5-15(6-3-12)13(17)4-8-20-10-11-21-9-7-16/h13-15,17-18,36-39,41-45,47,50-52H,12,16,19-35H2,1-11H3,(H,57,66)(H,58,67)(H,69,70);7,12H,2-6,8-11H2,1H3/t38-,39+,43-,44-,45-,47+,50-,51-,52+;/m0./s1. The minimum atomic E-state index is -3.89. The lowest BCUT2D eigenvalue weighted by Crippen LogP contribution is -2.55. The first-order valence-electron chi connectivity index (χ1n) is 35.0. The number of esters is 1. The number of carbonyl (C=O) groups excluding carboxylic acids is 9. The van der Waals surface area contributed by atoms with Crippen LogP contribution in [0.5, 0.6) is 0 Å². The summed E-state index contributed by atoms with van der Waals surface area (Å²) in [5, 5.41) is 11.4. The number of methoxy groups -OCH3 is 3. The summed E-state index contributed by atoms with van der Waals surface area (Å²) in [6, 6.07) is 6.27. The van der Waals surface area contributed by atoms with E-state index < -0.39 is 87.2 Å². The lowest BCUT2D eigenvalue weighted by molar-refractivity contribution is -0.149. The number of hydrogen-bond donors (Lipinski definition) is 3. The minimum Gasteiger partial charge on any atom is -0.481 e. The number of aldehydes is 1. The van der Waals surface area contributed by atoms with E-state index in [9.17, 15) is 61.5 Å². The van der Waals surface area contributed by atoms with E-state index in [0.29, 0.717) is 143 Å². The number of amides is 6. The summed E-state index contributed by atoms with van der Waals surface area (Å²) in [5.74, 6) is -5.26. The number of sulfonamides is 1. The molecule has 1 aromatic carbocycles. The molecule has 0 aromatic heterocycles. The Labute approximate surface area is 581 Å². The van der Waals surface area contributed by atoms with Gasteiger partial charge in [0.05, 0.1) is 126 Å². The van der Waals surface area contributed by atoms with E-state index in [-0.39, 0.29) is 105 Å². The van der Waals surface area contributed by atoms with Crippen LogP contribution in [0, 0.1) is 41.4 Å². The van der Waals surface area contributed by atoms with Gasteiger partial charge in [-0.3, -0.25) is 52.8 Å². The maximum absolute atomic E-state index is 14.7. The molecule has 1 aliphatic carbocycles. The molecule has 3 N–H and O–H groups in total. The molecule has 4 fully saturated rings. The molecule has 0 spiro atoms. The van der Waals surface area contributed by atoms with Crippen molar-refractivity contribution in [1.29, 1.82) is 0 Å². The molecule has 1 aromatic rings. The summed E-state index contributed by atoms with van der Waals surface area (Å²) in [6.45, 7) is 18.7. The Kier molecular flexibility index (Phi) is 37.6. The first-order chi connectivity index (χ1) is 46.7. The zero-order valence-electron chi connectivity index (χ0n) is 60.2. The van der Waals surface area contributed by atoms with E-state index in [1.54, 1.807) is 57.8 Å². The van der Waals surface area contributed by atoms with Gasteiger partial charge in [0, 0.05) is 79.3 Å². The number of likely N-dealkylation sites (tertiary alicyclic amines) is 3. The number of carbonyl (C=O) groups is 10. The van der Waals surface area contributed by atoms with Crippen LogP contribution in [0.2, 0.25) is 0 Å². The lowest BCUT2D eigenvalue weighted by Gasteiger charge is -2.41. The van der Waals surface area contributed by atoms with Crippen LogP contribution in [0.4, 0.5) is 0 Å². The minimum absolute atomic E-state index is 0.0136. The van der Waals surface area contributed by atoms with Crippen molar-refractivity contribution in [2.75, 3.05) is 128 Å². The van der Waals surface area contributed by atoms with Crippen LogP contribution in [0.3, 0.4) is 0 Å². The number of rotatable bonds is 43. The van der Waals surface area contributed by atoms with Crippen LogP contribution in [-0.4, -0.2) is 267 Å². The molecular formula is C70H115N7O20S. The highest BCUT2D eigenvalue weighted by Gasteiger charge is 2.45. The number of nitrogens with one attached hydrogen (secondary N) is 2. The van der Waals surface area contributed by atoms with E-state index in [0.717, 1.165) is 5.56 Å².